The Kier molecular flexibility index (Phi) is 7.89. The first-order valence-corrected chi connectivity index (χ1v) is 10.1. The van der Waals surface area contributed by atoms with Crippen molar-refractivity contribution in [3.05, 3.63) is 6.42 Å². The van der Waals surface area contributed by atoms with Crippen LogP contribution in [0.1, 0.15) is 71.1 Å². The normalized spacial score (nSPS) is 21.5. The second-order valence-corrected chi connectivity index (χ2v) is 7.78. The fourth-order valence-corrected chi connectivity index (χ4v) is 4.43. The van der Waals surface area contributed by atoms with Gasteiger partial charge in [-0.2, -0.15) is 5.26 Å². The molecule has 3 N–H and O–H groups in total. The molecule has 6 heteroatoms. The number of piperidine rings is 1. The summed E-state index contributed by atoms with van der Waals surface area (Å²) < 4.78 is 0. The molecule has 0 bridgehead atoms. The van der Waals surface area contributed by atoms with Gasteiger partial charge < -0.3 is 16.0 Å². The third kappa shape index (κ3) is 5.20. The molecule has 1 radical (unpaired) electrons. The smallest absolute Gasteiger partial charge is 0.228 e. The molecule has 2 amide bonds. The minimum absolute atomic E-state index is 0.105. The molecule has 1 atom stereocenters. The van der Waals surface area contributed by atoms with Crippen LogP contribution >= 0.6 is 0 Å². The third-order valence-electron chi connectivity index (χ3n) is 5.96. The monoisotopic (exact) mass is 361 g/mol. The fraction of sp³-hybridized carbons (Fsp3) is 0.800. The Morgan fingerprint density at radius 2 is 1.96 bits per heavy atom. The third-order valence-corrected chi connectivity index (χ3v) is 5.96. The van der Waals surface area contributed by atoms with E-state index < -0.39 is 11.4 Å². The molecule has 1 saturated heterocycles. The summed E-state index contributed by atoms with van der Waals surface area (Å²) in [6.07, 6.45) is 10.5. The van der Waals surface area contributed by atoms with Crippen molar-refractivity contribution < 1.29 is 9.59 Å². The van der Waals surface area contributed by atoms with E-state index in [-0.39, 0.29) is 18.4 Å². The number of nitrogens with one attached hydrogen (secondary N) is 1. The highest BCUT2D eigenvalue weighted by Crippen LogP contribution is 2.32. The predicted molar refractivity (Wildman–Crippen MR) is 101 cm³/mol. The summed E-state index contributed by atoms with van der Waals surface area (Å²) in [6, 6.07) is 2.10. The first-order chi connectivity index (χ1) is 12.5. The molecule has 0 aromatic rings. The van der Waals surface area contributed by atoms with Crippen molar-refractivity contribution in [2.45, 2.75) is 82.7 Å². The van der Waals surface area contributed by atoms with Crippen LogP contribution in [0.5, 0.6) is 0 Å². The van der Waals surface area contributed by atoms with E-state index in [1.54, 1.807) is 11.3 Å². The molecular weight excluding hydrogens is 328 g/mol. The van der Waals surface area contributed by atoms with Crippen LogP contribution in [-0.4, -0.2) is 41.4 Å². The van der Waals surface area contributed by atoms with Crippen molar-refractivity contribution >= 4 is 11.8 Å². The van der Waals surface area contributed by atoms with E-state index in [4.69, 9.17) is 5.73 Å². The van der Waals surface area contributed by atoms with E-state index in [9.17, 15) is 14.9 Å². The van der Waals surface area contributed by atoms with Gasteiger partial charge in [0.05, 0.1) is 12.5 Å². The molecule has 2 fully saturated rings. The Labute approximate surface area is 157 Å². The fourth-order valence-electron chi connectivity index (χ4n) is 4.43. The van der Waals surface area contributed by atoms with Crippen LogP contribution < -0.4 is 11.1 Å². The molecule has 145 valence electrons. The SMILES string of the molecule is CCC(CC(N)=O)N(C(=O)[CH]CC1CCCCC1)C1(C#N)CCNCC1. The molecule has 2 rings (SSSR count). The lowest BCUT2D eigenvalue weighted by atomic mass is 9.83. The summed E-state index contributed by atoms with van der Waals surface area (Å²) in [5.74, 6) is 0.0351. The van der Waals surface area contributed by atoms with Crippen molar-refractivity contribution in [3.8, 4) is 6.07 Å². The highest BCUT2D eigenvalue weighted by molar-refractivity contribution is 5.87. The largest absolute Gasteiger partial charge is 0.370 e. The van der Waals surface area contributed by atoms with E-state index >= 15 is 0 Å². The summed E-state index contributed by atoms with van der Waals surface area (Å²) >= 11 is 0. The van der Waals surface area contributed by atoms with E-state index in [1.807, 2.05) is 6.92 Å². The van der Waals surface area contributed by atoms with Crippen molar-refractivity contribution in [2.75, 3.05) is 13.1 Å². The van der Waals surface area contributed by atoms with Gasteiger partial charge >= 0.3 is 0 Å². The number of nitrogens with zero attached hydrogens (tertiary/aromatic N) is 2. The van der Waals surface area contributed by atoms with Crippen LogP contribution in [-0.2, 0) is 9.59 Å². The molecule has 1 unspecified atom stereocenters. The number of carbonyl (C=O) groups is 2. The molecule has 0 spiro atoms. The van der Waals surface area contributed by atoms with E-state index in [0.717, 1.165) is 6.42 Å². The number of hydrogen-bond donors (Lipinski definition) is 2. The number of hydrogen-bond acceptors (Lipinski definition) is 4. The first-order valence-electron chi connectivity index (χ1n) is 10.1. The molecule has 6 nitrogen and oxygen atoms in total. The molecule has 0 aromatic heterocycles. The molecule has 1 aliphatic heterocycles. The second-order valence-electron chi connectivity index (χ2n) is 7.78. The zero-order valence-corrected chi connectivity index (χ0v) is 16.0. The maximum Gasteiger partial charge on any atom is 0.228 e. The quantitative estimate of drug-likeness (QED) is 0.693. The average molecular weight is 362 g/mol. The Hall–Kier alpha value is -1.61. The van der Waals surface area contributed by atoms with Crippen LogP contribution in [0.3, 0.4) is 0 Å². The number of nitrogens with two attached hydrogens (primary N) is 1. The van der Waals surface area contributed by atoms with Crippen LogP contribution in [0.4, 0.5) is 0 Å². The van der Waals surface area contributed by atoms with Crippen LogP contribution in [0.25, 0.3) is 0 Å². The number of carbonyl (C=O) groups excluding carboxylic acids is 2. The molecule has 1 aliphatic carbocycles. The summed E-state index contributed by atoms with van der Waals surface area (Å²) in [5.41, 5.74) is 4.58. The van der Waals surface area contributed by atoms with E-state index in [0.29, 0.717) is 38.3 Å². The van der Waals surface area contributed by atoms with E-state index in [1.165, 1.54) is 32.1 Å². The van der Waals surface area contributed by atoms with Gasteiger partial charge in [0.15, 0.2) is 0 Å². The van der Waals surface area contributed by atoms with Gasteiger partial charge in [0.1, 0.15) is 5.54 Å². The summed E-state index contributed by atoms with van der Waals surface area (Å²) in [7, 11) is 0. The highest BCUT2D eigenvalue weighted by Gasteiger charge is 2.44. The van der Waals surface area contributed by atoms with Crippen molar-refractivity contribution in [3.63, 3.8) is 0 Å². The van der Waals surface area contributed by atoms with Crippen LogP contribution in [0.15, 0.2) is 0 Å². The van der Waals surface area contributed by atoms with Gasteiger partial charge in [-0.15, -0.1) is 0 Å². The van der Waals surface area contributed by atoms with E-state index in [2.05, 4.69) is 11.4 Å². The number of amides is 2. The average Bonchev–Trinajstić information content (AvgIpc) is 2.67. The lowest BCUT2D eigenvalue weighted by Gasteiger charge is -2.45. The Bertz CT molecular complexity index is 516. The predicted octanol–water partition coefficient (Wildman–Crippen LogP) is 2.29. The molecular formula is C20H33N4O2. The summed E-state index contributed by atoms with van der Waals surface area (Å²) in [6.45, 7) is 3.35. The number of nitriles is 1. The van der Waals surface area contributed by atoms with Gasteiger partial charge in [0, 0.05) is 12.5 Å². The lowest BCUT2D eigenvalue weighted by Crippen LogP contribution is -2.60. The van der Waals surface area contributed by atoms with Gasteiger partial charge in [-0.3, -0.25) is 9.59 Å². The standard InChI is InChI=1S/C20H33N4O2/c1-2-17(14-18(22)25)24(20(15-21)10-12-23-13-11-20)19(26)9-8-16-6-4-3-5-7-16/h9,16-17,23H,2-8,10-14H2,1H3,(H2,22,25). The van der Waals surface area contributed by atoms with Gasteiger partial charge in [-0.05, 0) is 44.7 Å². The minimum Gasteiger partial charge on any atom is -0.370 e. The zero-order chi connectivity index (χ0) is 19.0. The van der Waals surface area contributed by atoms with Crippen molar-refractivity contribution in [1.29, 1.82) is 5.26 Å². The van der Waals surface area contributed by atoms with Crippen molar-refractivity contribution in [1.82, 2.24) is 10.2 Å². The zero-order valence-electron chi connectivity index (χ0n) is 16.0. The topological polar surface area (TPSA) is 99.2 Å². The molecule has 1 heterocycles. The van der Waals surface area contributed by atoms with Crippen LogP contribution in [0, 0.1) is 23.7 Å². The second kappa shape index (κ2) is 9.91. The van der Waals surface area contributed by atoms with Gasteiger partial charge in [-0.25, -0.2) is 0 Å². The summed E-state index contributed by atoms with van der Waals surface area (Å²) in [5, 5.41) is 13.2. The first kappa shape index (κ1) is 20.7. The van der Waals surface area contributed by atoms with Crippen LogP contribution in [0.2, 0.25) is 0 Å². The maximum absolute atomic E-state index is 13.2. The summed E-state index contributed by atoms with van der Waals surface area (Å²) in [4.78, 5) is 26.4. The molecule has 2 aliphatic rings. The van der Waals surface area contributed by atoms with Gasteiger partial charge in [0.25, 0.3) is 0 Å². The van der Waals surface area contributed by atoms with Crippen molar-refractivity contribution in [2.24, 2.45) is 11.7 Å². The Morgan fingerprint density at radius 1 is 1.31 bits per heavy atom. The molecule has 1 saturated carbocycles. The number of rotatable bonds is 8. The Morgan fingerprint density at radius 3 is 2.50 bits per heavy atom. The Balaban J connectivity index is 2.16. The lowest BCUT2D eigenvalue weighted by molar-refractivity contribution is -0.137. The molecule has 26 heavy (non-hydrogen) atoms. The molecule has 0 aromatic carbocycles. The van der Waals surface area contributed by atoms with Gasteiger partial charge in [0.2, 0.25) is 11.8 Å². The minimum atomic E-state index is -0.846. The maximum atomic E-state index is 13.2. The highest BCUT2D eigenvalue weighted by atomic mass is 16.2. The number of primary amides is 1. The van der Waals surface area contributed by atoms with Gasteiger partial charge in [-0.1, -0.05) is 39.0 Å².